The molecule has 3 unspecified atom stereocenters. The van der Waals surface area contributed by atoms with Crippen molar-refractivity contribution in [1.82, 2.24) is 5.48 Å². The summed E-state index contributed by atoms with van der Waals surface area (Å²) in [6.07, 6.45) is 9.91. The van der Waals surface area contributed by atoms with Gasteiger partial charge in [-0.05, 0) is 66.7 Å². The van der Waals surface area contributed by atoms with Crippen LogP contribution in [0, 0.1) is 5.92 Å². The fourth-order valence-electron chi connectivity index (χ4n) is 5.20. The number of rotatable bonds is 3. The van der Waals surface area contributed by atoms with Crippen LogP contribution in [0.2, 0.25) is 0 Å². The number of methoxy groups -OCH3 is 1. The summed E-state index contributed by atoms with van der Waals surface area (Å²) < 4.78 is 5.74. The van der Waals surface area contributed by atoms with E-state index in [2.05, 4.69) is 24.5 Å². The average molecular weight is 315 g/mol. The van der Waals surface area contributed by atoms with Gasteiger partial charge in [0.05, 0.1) is 7.11 Å². The molecular formula is C20H29NO2. The Labute approximate surface area is 139 Å². The van der Waals surface area contributed by atoms with Gasteiger partial charge in [0.25, 0.3) is 0 Å². The minimum Gasteiger partial charge on any atom is -0.496 e. The first-order chi connectivity index (χ1) is 11.2. The van der Waals surface area contributed by atoms with E-state index in [1.54, 1.807) is 7.11 Å². The Hall–Kier alpha value is -1.06. The third kappa shape index (κ3) is 2.49. The molecule has 0 radical (unpaired) electrons. The number of fused-ring (bicyclic) bond motifs is 4. The summed E-state index contributed by atoms with van der Waals surface area (Å²) in [6.45, 7) is 2.34. The van der Waals surface area contributed by atoms with Gasteiger partial charge in [-0.15, -0.1) is 0 Å². The molecule has 3 aliphatic rings. The van der Waals surface area contributed by atoms with Gasteiger partial charge in [0, 0.05) is 11.5 Å². The number of hydrogen-bond acceptors (Lipinski definition) is 3. The molecule has 2 N–H and O–H groups in total. The van der Waals surface area contributed by atoms with Crippen molar-refractivity contribution in [2.75, 3.05) is 7.11 Å². The first-order valence-electron chi connectivity index (χ1n) is 9.28. The summed E-state index contributed by atoms with van der Waals surface area (Å²) in [4.78, 5) is 0. The van der Waals surface area contributed by atoms with E-state index in [0.29, 0.717) is 11.8 Å². The van der Waals surface area contributed by atoms with Gasteiger partial charge in [-0.25, -0.2) is 5.48 Å². The predicted octanol–water partition coefficient (Wildman–Crippen LogP) is 4.31. The van der Waals surface area contributed by atoms with E-state index in [-0.39, 0.29) is 11.5 Å². The minimum atomic E-state index is 0.00276. The molecule has 0 heterocycles. The molecule has 3 nitrogen and oxygen atoms in total. The van der Waals surface area contributed by atoms with Crippen molar-refractivity contribution >= 4 is 0 Å². The first-order valence-corrected chi connectivity index (χ1v) is 9.28. The SMILES string of the molecule is COc1cc2c(cc1C1CC1)CC1CCCCCC2(C)C1NO. The Bertz CT molecular complexity index is 596. The monoisotopic (exact) mass is 315 g/mol. The molecule has 23 heavy (non-hydrogen) atoms. The molecule has 3 atom stereocenters. The van der Waals surface area contributed by atoms with Crippen LogP contribution in [0.15, 0.2) is 12.1 Å². The van der Waals surface area contributed by atoms with Crippen molar-refractivity contribution < 1.29 is 9.94 Å². The number of nitrogens with one attached hydrogen (secondary N) is 1. The second-order valence-corrected chi connectivity index (χ2v) is 8.11. The number of hydroxylamine groups is 1. The van der Waals surface area contributed by atoms with Gasteiger partial charge in [0.1, 0.15) is 5.75 Å². The third-order valence-corrected chi connectivity index (χ3v) is 6.64. The van der Waals surface area contributed by atoms with E-state index < -0.39 is 0 Å². The molecule has 1 aromatic rings. The number of benzene rings is 1. The van der Waals surface area contributed by atoms with Gasteiger partial charge in [0.15, 0.2) is 0 Å². The quantitative estimate of drug-likeness (QED) is 0.817. The highest BCUT2D eigenvalue weighted by molar-refractivity contribution is 5.51. The summed E-state index contributed by atoms with van der Waals surface area (Å²) in [5.41, 5.74) is 7.03. The summed E-state index contributed by atoms with van der Waals surface area (Å²) >= 11 is 0. The Kier molecular flexibility index (Phi) is 3.89. The van der Waals surface area contributed by atoms with Crippen LogP contribution in [0.25, 0.3) is 0 Å². The van der Waals surface area contributed by atoms with Gasteiger partial charge in [0.2, 0.25) is 0 Å². The maximum Gasteiger partial charge on any atom is 0.122 e. The van der Waals surface area contributed by atoms with Crippen molar-refractivity contribution in [1.29, 1.82) is 0 Å². The summed E-state index contributed by atoms with van der Waals surface area (Å²) in [5, 5.41) is 9.90. The molecule has 0 aromatic heterocycles. The topological polar surface area (TPSA) is 41.5 Å². The maximum atomic E-state index is 9.90. The molecule has 4 rings (SSSR count). The molecular weight excluding hydrogens is 286 g/mol. The Morgan fingerprint density at radius 3 is 2.70 bits per heavy atom. The van der Waals surface area contributed by atoms with E-state index in [9.17, 15) is 5.21 Å². The molecule has 2 saturated carbocycles. The van der Waals surface area contributed by atoms with Crippen molar-refractivity contribution in [3.05, 3.63) is 28.8 Å². The van der Waals surface area contributed by atoms with E-state index in [1.807, 2.05) is 0 Å². The van der Waals surface area contributed by atoms with Crippen molar-refractivity contribution in [2.24, 2.45) is 5.92 Å². The van der Waals surface area contributed by atoms with Crippen LogP contribution in [-0.4, -0.2) is 18.4 Å². The standard InChI is InChI=1S/C20H29NO2/c1-20-9-5-3-4-6-14(19(20)21-22)10-15-11-16(13-7-8-13)18(23-2)12-17(15)20/h11-14,19,21-22H,3-10H2,1-2H3. The predicted molar refractivity (Wildman–Crippen MR) is 91.3 cm³/mol. The average Bonchev–Trinajstić information content (AvgIpc) is 3.37. The van der Waals surface area contributed by atoms with Crippen molar-refractivity contribution in [3.63, 3.8) is 0 Å². The largest absolute Gasteiger partial charge is 0.496 e. The summed E-state index contributed by atoms with van der Waals surface area (Å²) in [5.74, 6) is 2.31. The lowest BCUT2D eigenvalue weighted by Crippen LogP contribution is -2.54. The molecule has 0 amide bonds. The lowest BCUT2D eigenvalue weighted by atomic mass is 9.59. The minimum absolute atomic E-state index is 0.00276. The van der Waals surface area contributed by atoms with Crippen LogP contribution in [0.5, 0.6) is 5.75 Å². The highest BCUT2D eigenvalue weighted by atomic mass is 16.5. The summed E-state index contributed by atoms with van der Waals surface area (Å²) in [7, 11) is 1.79. The highest BCUT2D eigenvalue weighted by Crippen LogP contribution is 2.51. The van der Waals surface area contributed by atoms with Crippen LogP contribution in [0.3, 0.4) is 0 Å². The zero-order chi connectivity index (χ0) is 16.0. The van der Waals surface area contributed by atoms with Gasteiger partial charge in [-0.1, -0.05) is 32.3 Å². The number of ether oxygens (including phenoxy) is 1. The van der Waals surface area contributed by atoms with Gasteiger partial charge in [-0.2, -0.15) is 0 Å². The molecule has 0 spiro atoms. The molecule has 2 bridgehead atoms. The molecule has 0 saturated heterocycles. The van der Waals surface area contributed by atoms with Crippen LogP contribution < -0.4 is 10.2 Å². The fourth-order valence-corrected chi connectivity index (χ4v) is 5.20. The molecule has 3 aliphatic carbocycles. The zero-order valence-electron chi connectivity index (χ0n) is 14.4. The molecule has 2 fully saturated rings. The van der Waals surface area contributed by atoms with E-state index in [1.165, 1.54) is 55.2 Å². The second kappa shape index (κ2) is 5.78. The van der Waals surface area contributed by atoms with Crippen LogP contribution in [-0.2, 0) is 11.8 Å². The van der Waals surface area contributed by atoms with E-state index in [0.717, 1.165) is 18.6 Å². The van der Waals surface area contributed by atoms with Crippen LogP contribution >= 0.6 is 0 Å². The first kappa shape index (κ1) is 15.5. The van der Waals surface area contributed by atoms with Gasteiger partial charge < -0.3 is 9.94 Å². The molecule has 1 aromatic carbocycles. The Morgan fingerprint density at radius 2 is 2.00 bits per heavy atom. The second-order valence-electron chi connectivity index (χ2n) is 8.11. The van der Waals surface area contributed by atoms with Crippen molar-refractivity contribution in [2.45, 2.75) is 75.7 Å². The van der Waals surface area contributed by atoms with Crippen molar-refractivity contribution in [3.8, 4) is 5.75 Å². The lowest BCUT2D eigenvalue weighted by Gasteiger charge is -2.48. The lowest BCUT2D eigenvalue weighted by molar-refractivity contribution is 0.0352. The zero-order valence-corrected chi connectivity index (χ0v) is 14.4. The van der Waals surface area contributed by atoms with E-state index >= 15 is 0 Å². The van der Waals surface area contributed by atoms with Gasteiger partial charge >= 0.3 is 0 Å². The molecule has 3 heteroatoms. The van der Waals surface area contributed by atoms with E-state index in [4.69, 9.17) is 4.74 Å². The van der Waals surface area contributed by atoms with Crippen LogP contribution in [0.4, 0.5) is 0 Å². The highest BCUT2D eigenvalue weighted by Gasteiger charge is 2.46. The Morgan fingerprint density at radius 1 is 1.17 bits per heavy atom. The fraction of sp³-hybridized carbons (Fsp3) is 0.700. The van der Waals surface area contributed by atoms with Crippen LogP contribution in [0.1, 0.15) is 74.5 Å². The number of hydrogen-bond donors (Lipinski definition) is 2. The molecule has 126 valence electrons. The van der Waals surface area contributed by atoms with Gasteiger partial charge in [-0.3, -0.25) is 0 Å². The maximum absolute atomic E-state index is 9.90. The smallest absolute Gasteiger partial charge is 0.122 e. The third-order valence-electron chi connectivity index (χ3n) is 6.64. The summed E-state index contributed by atoms with van der Waals surface area (Å²) in [6, 6.07) is 4.89. The normalized spacial score (nSPS) is 33.5. The molecule has 0 aliphatic heterocycles. The Balaban J connectivity index is 1.84.